The van der Waals surface area contributed by atoms with Crippen LogP contribution in [0.15, 0.2) is 12.1 Å². The van der Waals surface area contributed by atoms with Crippen LogP contribution >= 0.6 is 0 Å². The van der Waals surface area contributed by atoms with Crippen LogP contribution in [0.1, 0.15) is 42.4 Å². The fourth-order valence-corrected chi connectivity index (χ4v) is 3.33. The van der Waals surface area contributed by atoms with Gasteiger partial charge in [-0.3, -0.25) is 9.59 Å². The van der Waals surface area contributed by atoms with Crippen molar-refractivity contribution in [1.29, 1.82) is 0 Å². The van der Waals surface area contributed by atoms with Gasteiger partial charge in [0.1, 0.15) is 0 Å². The Morgan fingerprint density at radius 3 is 2.10 bits per heavy atom. The molecule has 0 radical (unpaired) electrons. The molecular weight excluding hydrogens is 266 g/mol. The number of anilines is 1. The standard InChI is InChI=1S/C17H23NO3/c1-10-8-11(2)15(12(3)9-10)18-16(19)13-6-4-5-7-14(13)17(20)21/h8-9,13-14H,4-7H2,1-3H3,(H,18,19)(H,20,21)/t13-,14-/m1/s1. The van der Waals surface area contributed by atoms with Gasteiger partial charge in [0.25, 0.3) is 0 Å². The molecule has 0 saturated heterocycles. The van der Waals surface area contributed by atoms with Gasteiger partial charge in [-0.15, -0.1) is 0 Å². The zero-order valence-electron chi connectivity index (χ0n) is 12.9. The Labute approximate surface area is 125 Å². The average molecular weight is 289 g/mol. The summed E-state index contributed by atoms with van der Waals surface area (Å²) in [7, 11) is 0. The quantitative estimate of drug-likeness (QED) is 0.895. The minimum Gasteiger partial charge on any atom is -0.481 e. The van der Waals surface area contributed by atoms with Crippen LogP contribution in [0, 0.1) is 32.6 Å². The molecule has 21 heavy (non-hydrogen) atoms. The number of carboxylic acids is 1. The molecule has 2 N–H and O–H groups in total. The smallest absolute Gasteiger partial charge is 0.307 e. The van der Waals surface area contributed by atoms with Gasteiger partial charge in [0.2, 0.25) is 5.91 Å². The Kier molecular flexibility index (Phi) is 4.66. The van der Waals surface area contributed by atoms with Crippen LogP contribution in [-0.4, -0.2) is 17.0 Å². The summed E-state index contributed by atoms with van der Waals surface area (Å²) >= 11 is 0. The molecule has 0 unspecified atom stereocenters. The van der Waals surface area contributed by atoms with Gasteiger partial charge < -0.3 is 10.4 Å². The van der Waals surface area contributed by atoms with E-state index in [1.54, 1.807) is 0 Å². The van der Waals surface area contributed by atoms with Gasteiger partial charge in [0.15, 0.2) is 0 Å². The monoisotopic (exact) mass is 289 g/mol. The third-order valence-electron chi connectivity index (χ3n) is 4.35. The number of amides is 1. The van der Waals surface area contributed by atoms with Crippen LogP contribution in [0.4, 0.5) is 5.69 Å². The molecule has 1 aromatic carbocycles. The zero-order chi connectivity index (χ0) is 15.6. The number of aliphatic carboxylic acids is 1. The lowest BCUT2D eigenvalue weighted by Gasteiger charge is -2.28. The molecular formula is C17H23NO3. The molecule has 0 aliphatic heterocycles. The third kappa shape index (κ3) is 3.43. The van der Waals surface area contributed by atoms with Crippen molar-refractivity contribution in [3.63, 3.8) is 0 Å². The van der Waals surface area contributed by atoms with Crippen molar-refractivity contribution >= 4 is 17.6 Å². The van der Waals surface area contributed by atoms with Crippen molar-refractivity contribution in [2.24, 2.45) is 11.8 Å². The predicted octanol–water partition coefficient (Wildman–Crippen LogP) is 3.44. The first-order chi connectivity index (χ1) is 9.90. The number of hydrogen-bond acceptors (Lipinski definition) is 2. The van der Waals surface area contributed by atoms with Crippen molar-refractivity contribution < 1.29 is 14.7 Å². The van der Waals surface area contributed by atoms with Crippen LogP contribution in [0.5, 0.6) is 0 Å². The summed E-state index contributed by atoms with van der Waals surface area (Å²) in [6, 6.07) is 4.05. The molecule has 0 spiro atoms. The molecule has 1 fully saturated rings. The van der Waals surface area contributed by atoms with Crippen LogP contribution < -0.4 is 5.32 Å². The second kappa shape index (κ2) is 6.29. The molecule has 2 atom stereocenters. The van der Waals surface area contributed by atoms with E-state index in [1.165, 1.54) is 0 Å². The number of aryl methyl sites for hydroxylation is 3. The molecule has 0 bridgehead atoms. The topological polar surface area (TPSA) is 66.4 Å². The van der Waals surface area contributed by atoms with E-state index in [4.69, 9.17) is 0 Å². The molecule has 1 amide bonds. The highest BCUT2D eigenvalue weighted by Crippen LogP contribution is 2.32. The Morgan fingerprint density at radius 1 is 1.05 bits per heavy atom. The van der Waals surface area contributed by atoms with E-state index in [2.05, 4.69) is 5.32 Å². The van der Waals surface area contributed by atoms with E-state index < -0.39 is 17.8 Å². The van der Waals surface area contributed by atoms with E-state index in [-0.39, 0.29) is 5.91 Å². The average Bonchev–Trinajstić information content (AvgIpc) is 2.42. The van der Waals surface area contributed by atoms with Gasteiger partial charge >= 0.3 is 5.97 Å². The van der Waals surface area contributed by atoms with E-state index in [0.717, 1.165) is 35.2 Å². The van der Waals surface area contributed by atoms with Gasteiger partial charge in [0.05, 0.1) is 11.8 Å². The van der Waals surface area contributed by atoms with Crippen LogP contribution in [0.3, 0.4) is 0 Å². The van der Waals surface area contributed by atoms with Crippen molar-refractivity contribution in [1.82, 2.24) is 0 Å². The minimum atomic E-state index is -0.854. The molecule has 4 nitrogen and oxygen atoms in total. The highest BCUT2D eigenvalue weighted by molar-refractivity contribution is 5.96. The van der Waals surface area contributed by atoms with Gasteiger partial charge in [-0.25, -0.2) is 0 Å². The fourth-order valence-electron chi connectivity index (χ4n) is 3.33. The number of carbonyl (C=O) groups excluding carboxylic acids is 1. The van der Waals surface area contributed by atoms with Crippen LogP contribution in [0.25, 0.3) is 0 Å². The second-order valence-corrected chi connectivity index (χ2v) is 6.10. The highest BCUT2D eigenvalue weighted by Gasteiger charge is 2.35. The van der Waals surface area contributed by atoms with E-state index in [9.17, 15) is 14.7 Å². The van der Waals surface area contributed by atoms with Crippen molar-refractivity contribution in [2.45, 2.75) is 46.5 Å². The first-order valence-corrected chi connectivity index (χ1v) is 7.51. The summed E-state index contributed by atoms with van der Waals surface area (Å²) in [4.78, 5) is 23.8. The molecule has 1 aromatic rings. The lowest BCUT2D eigenvalue weighted by molar-refractivity contribution is -0.147. The van der Waals surface area contributed by atoms with E-state index in [1.807, 2.05) is 32.9 Å². The van der Waals surface area contributed by atoms with Gasteiger partial charge in [0, 0.05) is 5.69 Å². The number of carboxylic acid groups (broad SMARTS) is 1. The Hall–Kier alpha value is -1.84. The number of benzene rings is 1. The maximum atomic E-state index is 12.5. The first kappa shape index (κ1) is 15.5. The summed E-state index contributed by atoms with van der Waals surface area (Å²) in [5.74, 6) is -1.98. The number of nitrogens with one attached hydrogen (secondary N) is 1. The molecule has 4 heteroatoms. The van der Waals surface area contributed by atoms with Crippen LogP contribution in [-0.2, 0) is 9.59 Å². The summed E-state index contributed by atoms with van der Waals surface area (Å²) in [6.45, 7) is 5.95. The lowest BCUT2D eigenvalue weighted by atomic mass is 9.78. The number of hydrogen-bond donors (Lipinski definition) is 2. The van der Waals surface area contributed by atoms with Crippen molar-refractivity contribution in [2.75, 3.05) is 5.32 Å². The fraction of sp³-hybridized carbons (Fsp3) is 0.529. The largest absolute Gasteiger partial charge is 0.481 e. The third-order valence-corrected chi connectivity index (χ3v) is 4.35. The van der Waals surface area contributed by atoms with E-state index >= 15 is 0 Å². The summed E-state index contributed by atoms with van der Waals surface area (Å²) in [6.07, 6.45) is 3.07. The summed E-state index contributed by atoms with van der Waals surface area (Å²) < 4.78 is 0. The molecule has 2 rings (SSSR count). The minimum absolute atomic E-state index is 0.155. The molecule has 1 aliphatic carbocycles. The maximum Gasteiger partial charge on any atom is 0.307 e. The van der Waals surface area contributed by atoms with Crippen molar-refractivity contribution in [3.05, 3.63) is 28.8 Å². The Morgan fingerprint density at radius 2 is 1.57 bits per heavy atom. The molecule has 1 aliphatic rings. The SMILES string of the molecule is Cc1cc(C)c(NC(=O)[C@@H]2CCCC[C@H]2C(=O)O)c(C)c1. The van der Waals surface area contributed by atoms with Gasteiger partial charge in [-0.05, 0) is 44.7 Å². The zero-order valence-corrected chi connectivity index (χ0v) is 12.9. The number of carbonyl (C=O) groups is 2. The lowest BCUT2D eigenvalue weighted by Crippen LogP contribution is -2.36. The second-order valence-electron chi connectivity index (χ2n) is 6.10. The van der Waals surface area contributed by atoms with E-state index in [0.29, 0.717) is 12.8 Å². The normalized spacial score (nSPS) is 21.9. The highest BCUT2D eigenvalue weighted by atomic mass is 16.4. The van der Waals surface area contributed by atoms with Gasteiger partial charge in [-0.1, -0.05) is 30.5 Å². The summed E-state index contributed by atoms with van der Waals surface area (Å²) in [5, 5.41) is 12.2. The Balaban J connectivity index is 2.19. The Bertz CT molecular complexity index is 542. The van der Waals surface area contributed by atoms with Gasteiger partial charge in [-0.2, -0.15) is 0 Å². The number of rotatable bonds is 3. The molecule has 114 valence electrons. The molecule has 1 saturated carbocycles. The maximum absolute atomic E-state index is 12.5. The van der Waals surface area contributed by atoms with Crippen LogP contribution in [0.2, 0.25) is 0 Å². The predicted molar refractivity (Wildman–Crippen MR) is 82.4 cm³/mol. The summed E-state index contributed by atoms with van der Waals surface area (Å²) in [5.41, 5.74) is 4.01. The van der Waals surface area contributed by atoms with Crippen molar-refractivity contribution in [3.8, 4) is 0 Å². The molecule has 0 aromatic heterocycles. The first-order valence-electron chi connectivity index (χ1n) is 7.51. The molecule has 0 heterocycles.